The predicted octanol–water partition coefficient (Wildman–Crippen LogP) is 0.923. The van der Waals surface area contributed by atoms with Crippen molar-refractivity contribution >= 4 is 10.1 Å². The molecule has 0 aromatic heterocycles. The molecule has 0 spiro atoms. The lowest BCUT2D eigenvalue weighted by Crippen LogP contribution is -2.26. The molecule has 0 fully saturated rings. The first-order valence-electron chi connectivity index (χ1n) is 5.13. The highest BCUT2D eigenvalue weighted by molar-refractivity contribution is 7.86. The lowest BCUT2D eigenvalue weighted by atomic mass is 10.1. The third kappa shape index (κ3) is 5.25. The third-order valence-corrected chi connectivity index (χ3v) is 2.79. The lowest BCUT2D eigenvalue weighted by Gasteiger charge is -2.13. The van der Waals surface area contributed by atoms with Crippen LogP contribution in [0.4, 0.5) is 0 Å². The van der Waals surface area contributed by atoms with Gasteiger partial charge in [-0.25, -0.2) is 0 Å². The first-order valence-corrected chi connectivity index (χ1v) is 6.95. The van der Waals surface area contributed by atoms with Crippen molar-refractivity contribution in [3.8, 4) is 0 Å². The van der Waals surface area contributed by atoms with Gasteiger partial charge in [-0.05, 0) is 18.4 Å². The van der Waals surface area contributed by atoms with Crippen molar-refractivity contribution in [1.29, 1.82) is 0 Å². The van der Waals surface area contributed by atoms with Gasteiger partial charge in [-0.2, -0.15) is 8.42 Å². The molecule has 16 heavy (non-hydrogen) atoms. The molecule has 0 saturated heterocycles. The Hall–Kier alpha value is -0.910. The Morgan fingerprint density at radius 3 is 2.44 bits per heavy atom. The van der Waals surface area contributed by atoms with E-state index >= 15 is 0 Å². The van der Waals surface area contributed by atoms with Crippen molar-refractivity contribution < 1.29 is 12.6 Å². The van der Waals surface area contributed by atoms with Gasteiger partial charge >= 0.3 is 0 Å². The summed E-state index contributed by atoms with van der Waals surface area (Å²) in [5.74, 6) is 0. The van der Waals surface area contributed by atoms with Crippen LogP contribution in [-0.4, -0.2) is 27.3 Å². The molecule has 1 rings (SSSR count). The zero-order valence-corrected chi connectivity index (χ0v) is 10.1. The summed E-state index contributed by atoms with van der Waals surface area (Å²) in [5.41, 5.74) is 6.61. The van der Waals surface area contributed by atoms with Gasteiger partial charge in [-0.3, -0.25) is 4.18 Å². The van der Waals surface area contributed by atoms with Crippen LogP contribution in [0.3, 0.4) is 0 Å². The van der Waals surface area contributed by atoms with Crippen molar-refractivity contribution in [1.82, 2.24) is 0 Å². The highest BCUT2D eigenvalue weighted by atomic mass is 32.2. The van der Waals surface area contributed by atoms with E-state index in [0.29, 0.717) is 6.42 Å². The maximum absolute atomic E-state index is 10.9. The van der Waals surface area contributed by atoms with E-state index in [2.05, 4.69) is 0 Å². The number of nitrogens with two attached hydrogens (primary N) is 1. The minimum Gasteiger partial charge on any atom is -0.328 e. The van der Waals surface area contributed by atoms with Crippen molar-refractivity contribution in [2.45, 2.75) is 18.9 Å². The largest absolute Gasteiger partial charge is 0.328 e. The molecule has 0 heterocycles. The second-order valence-electron chi connectivity index (χ2n) is 3.68. The molecule has 4 nitrogen and oxygen atoms in total. The molecule has 0 saturated carbocycles. The van der Waals surface area contributed by atoms with Crippen molar-refractivity contribution in [3.05, 3.63) is 35.9 Å². The van der Waals surface area contributed by atoms with Gasteiger partial charge in [0.2, 0.25) is 0 Å². The molecule has 90 valence electrons. The van der Waals surface area contributed by atoms with Gasteiger partial charge in [0, 0.05) is 6.54 Å². The summed E-state index contributed by atoms with van der Waals surface area (Å²) in [4.78, 5) is 0. The first kappa shape index (κ1) is 13.2. The van der Waals surface area contributed by atoms with Crippen molar-refractivity contribution in [2.24, 2.45) is 5.73 Å². The molecule has 0 aliphatic heterocycles. The first-order chi connectivity index (χ1) is 7.51. The quantitative estimate of drug-likeness (QED) is 0.754. The van der Waals surface area contributed by atoms with E-state index in [1.165, 1.54) is 0 Å². The molecule has 0 bridgehead atoms. The van der Waals surface area contributed by atoms with E-state index in [4.69, 9.17) is 9.92 Å². The Kier molecular flexibility index (Phi) is 4.92. The van der Waals surface area contributed by atoms with E-state index < -0.39 is 16.2 Å². The summed E-state index contributed by atoms with van der Waals surface area (Å²) in [6.45, 7) is 0.208. The number of hydrogen-bond acceptors (Lipinski definition) is 4. The van der Waals surface area contributed by atoms with Crippen molar-refractivity contribution in [2.75, 3.05) is 12.8 Å². The zero-order valence-electron chi connectivity index (χ0n) is 9.30. The zero-order chi connectivity index (χ0) is 12.0. The summed E-state index contributed by atoms with van der Waals surface area (Å²) in [6.07, 6.45) is 1.97. The van der Waals surface area contributed by atoms with Crippen LogP contribution in [0.25, 0.3) is 0 Å². The SMILES string of the molecule is CS(=O)(=O)OC(CN)CCc1ccccc1. The highest BCUT2D eigenvalue weighted by Gasteiger charge is 2.13. The van der Waals surface area contributed by atoms with Gasteiger partial charge in [0.25, 0.3) is 10.1 Å². The van der Waals surface area contributed by atoms with Crippen LogP contribution in [0.2, 0.25) is 0 Å². The van der Waals surface area contributed by atoms with Crippen LogP contribution < -0.4 is 5.73 Å². The van der Waals surface area contributed by atoms with Gasteiger partial charge in [0.15, 0.2) is 0 Å². The van der Waals surface area contributed by atoms with Gasteiger partial charge in [0.05, 0.1) is 12.4 Å². The fraction of sp³-hybridized carbons (Fsp3) is 0.455. The molecule has 0 aliphatic rings. The van der Waals surface area contributed by atoms with E-state index in [-0.39, 0.29) is 6.54 Å². The summed E-state index contributed by atoms with van der Waals surface area (Å²) in [7, 11) is -3.42. The fourth-order valence-electron chi connectivity index (χ4n) is 1.42. The number of aryl methyl sites for hydroxylation is 1. The smallest absolute Gasteiger partial charge is 0.264 e. The fourth-order valence-corrected chi connectivity index (χ4v) is 2.09. The molecular formula is C11H17NO3S. The summed E-state index contributed by atoms with van der Waals surface area (Å²) >= 11 is 0. The summed E-state index contributed by atoms with van der Waals surface area (Å²) in [6, 6.07) is 9.83. The molecule has 1 aromatic rings. The van der Waals surface area contributed by atoms with Crippen LogP contribution in [0.15, 0.2) is 30.3 Å². The molecule has 0 aliphatic carbocycles. The second-order valence-corrected chi connectivity index (χ2v) is 5.28. The molecule has 0 amide bonds. The Morgan fingerprint density at radius 1 is 1.31 bits per heavy atom. The molecule has 1 aromatic carbocycles. The minimum atomic E-state index is -3.42. The van der Waals surface area contributed by atoms with Crippen molar-refractivity contribution in [3.63, 3.8) is 0 Å². The lowest BCUT2D eigenvalue weighted by molar-refractivity contribution is 0.209. The second kappa shape index (κ2) is 5.98. The van der Waals surface area contributed by atoms with Gasteiger partial charge in [-0.1, -0.05) is 30.3 Å². The predicted molar refractivity (Wildman–Crippen MR) is 63.5 cm³/mol. The Labute approximate surface area is 96.5 Å². The molecule has 5 heteroatoms. The summed E-state index contributed by atoms with van der Waals surface area (Å²) < 4.78 is 26.7. The standard InChI is InChI=1S/C11H17NO3S/c1-16(13,14)15-11(9-12)8-7-10-5-3-2-4-6-10/h2-6,11H,7-9,12H2,1H3. The molecule has 0 radical (unpaired) electrons. The van der Waals surface area contributed by atoms with Gasteiger partial charge < -0.3 is 5.73 Å². The monoisotopic (exact) mass is 243 g/mol. The number of hydrogen-bond donors (Lipinski definition) is 1. The van der Waals surface area contributed by atoms with E-state index in [1.807, 2.05) is 30.3 Å². The highest BCUT2D eigenvalue weighted by Crippen LogP contribution is 2.08. The topological polar surface area (TPSA) is 69.4 Å². The molecular weight excluding hydrogens is 226 g/mol. The minimum absolute atomic E-state index is 0.208. The summed E-state index contributed by atoms with van der Waals surface area (Å²) in [5, 5.41) is 0. The van der Waals surface area contributed by atoms with Crippen LogP contribution in [-0.2, 0) is 20.7 Å². The average molecular weight is 243 g/mol. The van der Waals surface area contributed by atoms with Crippen LogP contribution >= 0.6 is 0 Å². The van der Waals surface area contributed by atoms with Gasteiger partial charge in [0.1, 0.15) is 0 Å². The Balaban J connectivity index is 2.46. The maximum Gasteiger partial charge on any atom is 0.264 e. The molecule has 1 atom stereocenters. The molecule has 1 unspecified atom stereocenters. The van der Waals surface area contributed by atoms with Gasteiger partial charge in [-0.15, -0.1) is 0 Å². The average Bonchev–Trinajstić information content (AvgIpc) is 2.24. The Bertz CT molecular complexity index is 402. The number of benzene rings is 1. The maximum atomic E-state index is 10.9. The molecule has 2 N–H and O–H groups in total. The third-order valence-electron chi connectivity index (χ3n) is 2.17. The van der Waals surface area contributed by atoms with Crippen LogP contribution in [0.1, 0.15) is 12.0 Å². The van der Waals surface area contributed by atoms with E-state index in [1.54, 1.807) is 0 Å². The number of rotatable bonds is 6. The van der Waals surface area contributed by atoms with E-state index in [0.717, 1.165) is 18.2 Å². The van der Waals surface area contributed by atoms with E-state index in [9.17, 15) is 8.42 Å². The van der Waals surface area contributed by atoms with Crippen LogP contribution in [0, 0.1) is 0 Å². The van der Waals surface area contributed by atoms with Crippen LogP contribution in [0.5, 0.6) is 0 Å². The Morgan fingerprint density at radius 2 is 1.94 bits per heavy atom. The normalized spacial score (nSPS) is 13.6.